The van der Waals surface area contributed by atoms with Crippen LogP contribution >= 0.6 is 0 Å². The number of hydrogen-bond donors (Lipinski definition) is 1. The molecule has 0 atom stereocenters. The molecule has 0 aliphatic carbocycles. The fraction of sp³-hybridized carbons (Fsp3) is 0.0714. The number of hydrazine groups is 1. The minimum Gasteiger partial charge on any atom is -0.267 e. The third-order valence-corrected chi connectivity index (χ3v) is 3.00. The molecule has 0 saturated heterocycles. The van der Waals surface area contributed by atoms with Crippen LogP contribution in [0.15, 0.2) is 48.5 Å². The number of anilines is 1. The summed E-state index contributed by atoms with van der Waals surface area (Å²) in [6.07, 6.45) is -4.56. The van der Waals surface area contributed by atoms with Crippen molar-refractivity contribution in [3.8, 4) is 0 Å². The molecule has 0 spiro atoms. The van der Waals surface area contributed by atoms with E-state index in [0.29, 0.717) is 5.01 Å². The molecule has 0 unspecified atom stereocenters. The predicted molar refractivity (Wildman–Crippen MR) is 75.5 cm³/mol. The van der Waals surface area contributed by atoms with Crippen molar-refractivity contribution in [2.24, 2.45) is 5.84 Å². The maximum absolute atomic E-state index is 12.7. The van der Waals surface area contributed by atoms with Crippen molar-refractivity contribution < 1.29 is 22.9 Å². The first-order valence-electron chi connectivity index (χ1n) is 6.21. The first-order valence-corrected chi connectivity index (χ1v) is 6.21. The van der Waals surface area contributed by atoms with Crippen molar-refractivity contribution in [3.63, 3.8) is 0 Å². The van der Waals surface area contributed by atoms with Gasteiger partial charge in [0.15, 0.2) is 0 Å². The number of nitro groups is 1. The van der Waals surface area contributed by atoms with E-state index in [4.69, 9.17) is 5.84 Å². The van der Waals surface area contributed by atoms with Crippen LogP contribution in [0.4, 0.5) is 24.5 Å². The first-order chi connectivity index (χ1) is 10.7. The highest BCUT2D eigenvalue weighted by Gasteiger charge is 2.31. The molecular weight excluding hydrogens is 315 g/mol. The summed E-state index contributed by atoms with van der Waals surface area (Å²) in [5, 5.41) is 11.1. The number of rotatable bonds is 3. The van der Waals surface area contributed by atoms with Gasteiger partial charge in [0.05, 0.1) is 16.2 Å². The van der Waals surface area contributed by atoms with Crippen LogP contribution in [0.2, 0.25) is 0 Å². The summed E-state index contributed by atoms with van der Waals surface area (Å²) in [5.74, 6) is 4.77. The maximum atomic E-state index is 12.7. The normalized spacial score (nSPS) is 11.1. The zero-order chi connectivity index (χ0) is 17.2. The largest absolute Gasteiger partial charge is 0.416 e. The number of hydrogen-bond acceptors (Lipinski definition) is 4. The molecule has 0 fully saturated rings. The average molecular weight is 325 g/mol. The molecule has 1 amide bonds. The van der Waals surface area contributed by atoms with E-state index in [1.165, 1.54) is 18.2 Å². The van der Waals surface area contributed by atoms with Gasteiger partial charge in [0.2, 0.25) is 0 Å². The molecule has 2 rings (SSSR count). The number of amides is 1. The fourth-order valence-corrected chi connectivity index (χ4v) is 1.81. The lowest BCUT2D eigenvalue weighted by Crippen LogP contribution is -2.37. The zero-order valence-corrected chi connectivity index (χ0v) is 11.4. The van der Waals surface area contributed by atoms with Crippen LogP contribution in [-0.2, 0) is 6.18 Å². The van der Waals surface area contributed by atoms with Gasteiger partial charge in [-0.3, -0.25) is 14.9 Å². The van der Waals surface area contributed by atoms with Crippen LogP contribution in [0.1, 0.15) is 15.9 Å². The molecule has 2 aromatic carbocycles. The Labute approximate surface area is 128 Å². The van der Waals surface area contributed by atoms with Crippen molar-refractivity contribution in [1.29, 1.82) is 0 Å². The van der Waals surface area contributed by atoms with E-state index in [1.54, 1.807) is 0 Å². The lowest BCUT2D eigenvalue weighted by atomic mass is 10.1. The molecule has 2 N–H and O–H groups in total. The summed E-state index contributed by atoms with van der Waals surface area (Å²) >= 11 is 0. The molecule has 0 radical (unpaired) electrons. The second kappa shape index (κ2) is 6.05. The lowest BCUT2D eigenvalue weighted by molar-refractivity contribution is -0.384. The molecule has 23 heavy (non-hydrogen) atoms. The molecule has 120 valence electrons. The van der Waals surface area contributed by atoms with Crippen molar-refractivity contribution in [2.45, 2.75) is 6.18 Å². The van der Waals surface area contributed by atoms with Crippen LogP contribution in [-0.4, -0.2) is 10.8 Å². The van der Waals surface area contributed by atoms with E-state index in [0.717, 1.165) is 30.3 Å². The molecule has 9 heteroatoms. The second-order valence-corrected chi connectivity index (χ2v) is 4.53. The summed E-state index contributed by atoms with van der Waals surface area (Å²) in [5.41, 5.74) is -1.30. The number of alkyl halides is 3. The van der Waals surface area contributed by atoms with E-state index >= 15 is 0 Å². The third kappa shape index (κ3) is 3.64. The minimum absolute atomic E-state index is 0.00973. The average Bonchev–Trinajstić information content (AvgIpc) is 2.53. The topological polar surface area (TPSA) is 89.5 Å². The molecule has 0 saturated carbocycles. The number of nitrogens with zero attached hydrogens (tertiary/aromatic N) is 2. The lowest BCUT2D eigenvalue weighted by Gasteiger charge is -2.18. The SMILES string of the molecule is NN(C(=O)c1ccc([N+](=O)[O-])cc1)c1cccc(C(F)(F)F)c1. The third-order valence-electron chi connectivity index (χ3n) is 3.00. The quantitative estimate of drug-likeness (QED) is 0.406. The summed E-state index contributed by atoms with van der Waals surface area (Å²) < 4.78 is 38.0. The minimum atomic E-state index is -4.56. The van der Waals surface area contributed by atoms with Crippen LogP contribution in [0, 0.1) is 10.1 Å². The summed E-state index contributed by atoms with van der Waals surface area (Å²) in [7, 11) is 0. The fourth-order valence-electron chi connectivity index (χ4n) is 1.81. The van der Waals surface area contributed by atoms with Gasteiger partial charge in [-0.2, -0.15) is 13.2 Å². The molecular formula is C14H10F3N3O3. The van der Waals surface area contributed by atoms with Crippen molar-refractivity contribution in [2.75, 3.05) is 5.01 Å². The van der Waals surface area contributed by atoms with Gasteiger partial charge >= 0.3 is 6.18 Å². The van der Waals surface area contributed by atoms with Crippen LogP contribution in [0.3, 0.4) is 0 Å². The zero-order valence-electron chi connectivity index (χ0n) is 11.4. The Hall–Kier alpha value is -2.94. The van der Waals surface area contributed by atoms with E-state index in [-0.39, 0.29) is 16.9 Å². The molecule has 6 nitrogen and oxygen atoms in total. The Balaban J connectivity index is 2.27. The summed E-state index contributed by atoms with van der Waals surface area (Å²) in [6.45, 7) is 0. The van der Waals surface area contributed by atoms with Gasteiger partial charge in [-0.15, -0.1) is 0 Å². The number of nitro benzene ring substituents is 1. The Bertz CT molecular complexity index is 745. The Morgan fingerprint density at radius 3 is 2.26 bits per heavy atom. The van der Waals surface area contributed by atoms with Crippen LogP contribution < -0.4 is 10.9 Å². The number of non-ortho nitro benzene ring substituents is 1. The predicted octanol–water partition coefficient (Wildman–Crippen LogP) is 3.13. The van der Waals surface area contributed by atoms with E-state index < -0.39 is 22.6 Å². The van der Waals surface area contributed by atoms with Gasteiger partial charge in [-0.1, -0.05) is 6.07 Å². The Kier molecular flexibility index (Phi) is 4.32. The summed E-state index contributed by atoms with van der Waals surface area (Å²) in [4.78, 5) is 22.0. The maximum Gasteiger partial charge on any atom is 0.416 e. The van der Waals surface area contributed by atoms with E-state index in [2.05, 4.69) is 0 Å². The van der Waals surface area contributed by atoms with E-state index in [1.807, 2.05) is 0 Å². The highest BCUT2D eigenvalue weighted by molar-refractivity contribution is 6.05. The van der Waals surface area contributed by atoms with Gasteiger partial charge in [0.1, 0.15) is 0 Å². The van der Waals surface area contributed by atoms with Crippen LogP contribution in [0.5, 0.6) is 0 Å². The van der Waals surface area contributed by atoms with E-state index in [9.17, 15) is 28.1 Å². The Morgan fingerprint density at radius 1 is 1.13 bits per heavy atom. The molecule has 2 aromatic rings. The smallest absolute Gasteiger partial charge is 0.267 e. The number of halogens is 3. The molecule has 0 heterocycles. The Morgan fingerprint density at radius 2 is 1.74 bits per heavy atom. The van der Waals surface area contributed by atoms with Gasteiger partial charge in [0, 0.05) is 17.7 Å². The highest BCUT2D eigenvalue weighted by atomic mass is 19.4. The van der Waals surface area contributed by atoms with Gasteiger partial charge < -0.3 is 0 Å². The van der Waals surface area contributed by atoms with Crippen LogP contribution in [0.25, 0.3) is 0 Å². The first kappa shape index (κ1) is 16.4. The van der Waals surface area contributed by atoms with Gasteiger partial charge in [0.25, 0.3) is 11.6 Å². The van der Waals surface area contributed by atoms with Gasteiger partial charge in [-0.05, 0) is 30.3 Å². The molecule has 0 aliphatic rings. The highest BCUT2D eigenvalue weighted by Crippen LogP contribution is 2.31. The standard InChI is InChI=1S/C14H10F3N3O3/c15-14(16,17)10-2-1-3-12(8-10)19(18)13(21)9-4-6-11(7-5-9)20(22)23/h1-8H,18H2. The van der Waals surface area contributed by atoms with Crippen molar-refractivity contribution >= 4 is 17.3 Å². The molecule has 0 aliphatic heterocycles. The molecule has 0 aromatic heterocycles. The number of carbonyl (C=O) groups excluding carboxylic acids is 1. The summed E-state index contributed by atoms with van der Waals surface area (Å²) in [6, 6.07) is 8.53. The number of carbonyl (C=O) groups is 1. The monoisotopic (exact) mass is 325 g/mol. The van der Waals surface area contributed by atoms with Crippen molar-refractivity contribution in [3.05, 3.63) is 69.8 Å². The number of benzene rings is 2. The number of nitrogens with two attached hydrogens (primary N) is 1. The second-order valence-electron chi connectivity index (χ2n) is 4.53. The van der Waals surface area contributed by atoms with Gasteiger partial charge in [-0.25, -0.2) is 10.9 Å². The van der Waals surface area contributed by atoms with Crippen molar-refractivity contribution in [1.82, 2.24) is 0 Å². The molecule has 0 bridgehead atoms.